The van der Waals surface area contributed by atoms with Crippen LogP contribution < -0.4 is 0 Å². The van der Waals surface area contributed by atoms with Gasteiger partial charge in [0.05, 0.1) is 0 Å². The quantitative estimate of drug-likeness (QED) is 0.806. The Morgan fingerprint density at radius 3 is 3.05 bits per heavy atom. The van der Waals surface area contributed by atoms with Crippen LogP contribution in [0.15, 0.2) is 28.7 Å². The van der Waals surface area contributed by atoms with Gasteiger partial charge in [0.25, 0.3) is 0 Å². The second-order valence-electron chi connectivity index (χ2n) is 5.34. The van der Waals surface area contributed by atoms with Crippen molar-refractivity contribution in [3.8, 4) is 0 Å². The SMILES string of the molecule is CCCCC(=O)N1CCCC(c2cccc(Br)c2)C1. The molecule has 0 bridgehead atoms. The Kier molecular flexibility index (Phi) is 5.44. The van der Waals surface area contributed by atoms with Crippen LogP contribution in [0.5, 0.6) is 0 Å². The number of hydrogen-bond acceptors (Lipinski definition) is 1. The van der Waals surface area contributed by atoms with Gasteiger partial charge in [-0.2, -0.15) is 0 Å². The molecule has 0 aliphatic carbocycles. The summed E-state index contributed by atoms with van der Waals surface area (Å²) < 4.78 is 1.12. The summed E-state index contributed by atoms with van der Waals surface area (Å²) in [6, 6.07) is 8.49. The van der Waals surface area contributed by atoms with E-state index in [2.05, 4.69) is 52.0 Å². The highest BCUT2D eigenvalue weighted by molar-refractivity contribution is 9.10. The van der Waals surface area contributed by atoms with E-state index in [1.54, 1.807) is 0 Å². The van der Waals surface area contributed by atoms with Crippen molar-refractivity contribution in [1.82, 2.24) is 4.90 Å². The molecule has 1 amide bonds. The summed E-state index contributed by atoms with van der Waals surface area (Å²) in [5, 5.41) is 0. The van der Waals surface area contributed by atoms with Crippen molar-refractivity contribution in [3.05, 3.63) is 34.3 Å². The van der Waals surface area contributed by atoms with Crippen molar-refractivity contribution in [2.45, 2.75) is 44.9 Å². The minimum absolute atomic E-state index is 0.335. The van der Waals surface area contributed by atoms with Crippen LogP contribution in [0.1, 0.15) is 50.5 Å². The third-order valence-corrected chi connectivity index (χ3v) is 4.33. The van der Waals surface area contributed by atoms with E-state index in [4.69, 9.17) is 0 Å². The molecule has 1 aliphatic heterocycles. The molecule has 1 atom stereocenters. The lowest BCUT2D eigenvalue weighted by atomic mass is 9.90. The monoisotopic (exact) mass is 323 g/mol. The number of rotatable bonds is 4. The molecule has 1 aromatic carbocycles. The molecule has 104 valence electrons. The van der Waals surface area contributed by atoms with Gasteiger partial charge in [0.2, 0.25) is 5.91 Å². The number of benzene rings is 1. The molecule has 1 saturated heterocycles. The molecule has 0 aromatic heterocycles. The fourth-order valence-electron chi connectivity index (χ4n) is 2.72. The molecule has 19 heavy (non-hydrogen) atoms. The fraction of sp³-hybridized carbons (Fsp3) is 0.562. The molecule has 1 fully saturated rings. The topological polar surface area (TPSA) is 20.3 Å². The zero-order chi connectivity index (χ0) is 13.7. The highest BCUT2D eigenvalue weighted by Crippen LogP contribution is 2.28. The molecule has 1 unspecified atom stereocenters. The van der Waals surface area contributed by atoms with Crippen LogP contribution in [0.4, 0.5) is 0 Å². The van der Waals surface area contributed by atoms with Gasteiger partial charge >= 0.3 is 0 Å². The summed E-state index contributed by atoms with van der Waals surface area (Å²) in [5.74, 6) is 0.832. The van der Waals surface area contributed by atoms with E-state index in [0.717, 1.165) is 36.8 Å². The van der Waals surface area contributed by atoms with Gasteiger partial charge in [-0.15, -0.1) is 0 Å². The number of piperidine rings is 1. The smallest absolute Gasteiger partial charge is 0.222 e. The summed E-state index contributed by atoms with van der Waals surface area (Å²) in [4.78, 5) is 14.2. The number of carbonyl (C=O) groups is 1. The third-order valence-electron chi connectivity index (χ3n) is 3.84. The zero-order valence-electron chi connectivity index (χ0n) is 11.6. The first-order valence-electron chi connectivity index (χ1n) is 7.24. The van der Waals surface area contributed by atoms with Crippen molar-refractivity contribution < 1.29 is 4.79 Å². The molecular formula is C16H22BrNO. The van der Waals surface area contributed by atoms with Crippen LogP contribution in [0.25, 0.3) is 0 Å². The molecule has 0 radical (unpaired) electrons. The van der Waals surface area contributed by atoms with Gasteiger partial charge in [-0.05, 0) is 37.0 Å². The summed E-state index contributed by atoms with van der Waals surface area (Å²) in [7, 11) is 0. The Bertz CT molecular complexity index is 433. The molecule has 1 aliphatic rings. The lowest BCUT2D eigenvalue weighted by molar-refractivity contribution is -0.132. The molecule has 0 saturated carbocycles. The van der Waals surface area contributed by atoms with E-state index in [9.17, 15) is 4.79 Å². The van der Waals surface area contributed by atoms with E-state index < -0.39 is 0 Å². The van der Waals surface area contributed by atoms with E-state index >= 15 is 0 Å². The first-order valence-corrected chi connectivity index (χ1v) is 8.03. The lowest BCUT2D eigenvalue weighted by Crippen LogP contribution is -2.38. The van der Waals surface area contributed by atoms with Gasteiger partial charge in [0, 0.05) is 29.9 Å². The predicted molar refractivity (Wildman–Crippen MR) is 82.2 cm³/mol. The Labute approximate surface area is 124 Å². The van der Waals surface area contributed by atoms with Crippen molar-refractivity contribution in [1.29, 1.82) is 0 Å². The maximum absolute atomic E-state index is 12.1. The van der Waals surface area contributed by atoms with Crippen LogP contribution >= 0.6 is 15.9 Å². The van der Waals surface area contributed by atoms with Crippen LogP contribution in [-0.4, -0.2) is 23.9 Å². The molecule has 3 heteroatoms. The number of likely N-dealkylation sites (tertiary alicyclic amines) is 1. The Hall–Kier alpha value is -0.830. The number of nitrogens with zero attached hydrogens (tertiary/aromatic N) is 1. The first-order chi connectivity index (χ1) is 9.20. The minimum atomic E-state index is 0.335. The van der Waals surface area contributed by atoms with E-state index in [1.165, 1.54) is 12.0 Å². The highest BCUT2D eigenvalue weighted by Gasteiger charge is 2.24. The van der Waals surface area contributed by atoms with Gasteiger partial charge in [-0.1, -0.05) is 41.4 Å². The summed E-state index contributed by atoms with van der Waals surface area (Å²) in [6.45, 7) is 3.96. The molecule has 2 rings (SSSR count). The summed E-state index contributed by atoms with van der Waals surface area (Å²) in [5.41, 5.74) is 1.35. The van der Waals surface area contributed by atoms with Crippen LogP contribution in [0.3, 0.4) is 0 Å². The lowest BCUT2D eigenvalue weighted by Gasteiger charge is -2.33. The first kappa shape index (κ1) is 14.6. The van der Waals surface area contributed by atoms with Crippen molar-refractivity contribution in [3.63, 3.8) is 0 Å². The van der Waals surface area contributed by atoms with Crippen molar-refractivity contribution in [2.24, 2.45) is 0 Å². The number of carbonyl (C=O) groups excluding carboxylic acids is 1. The average Bonchev–Trinajstić information content (AvgIpc) is 2.45. The van der Waals surface area contributed by atoms with Gasteiger partial charge in [0.15, 0.2) is 0 Å². The second-order valence-corrected chi connectivity index (χ2v) is 6.25. The third kappa shape index (κ3) is 4.07. The van der Waals surface area contributed by atoms with Gasteiger partial charge in [-0.3, -0.25) is 4.79 Å². The molecular weight excluding hydrogens is 302 g/mol. The molecule has 2 nitrogen and oxygen atoms in total. The summed E-state index contributed by atoms with van der Waals surface area (Å²) in [6.07, 6.45) is 5.12. The minimum Gasteiger partial charge on any atom is -0.342 e. The van der Waals surface area contributed by atoms with E-state index in [1.807, 2.05) is 0 Å². The van der Waals surface area contributed by atoms with Crippen molar-refractivity contribution >= 4 is 21.8 Å². The Morgan fingerprint density at radius 1 is 1.47 bits per heavy atom. The Morgan fingerprint density at radius 2 is 2.32 bits per heavy atom. The maximum Gasteiger partial charge on any atom is 0.222 e. The van der Waals surface area contributed by atoms with Gasteiger partial charge in [0.1, 0.15) is 0 Å². The largest absolute Gasteiger partial charge is 0.342 e. The average molecular weight is 324 g/mol. The fourth-order valence-corrected chi connectivity index (χ4v) is 3.14. The second kappa shape index (κ2) is 7.09. The van der Waals surface area contributed by atoms with Gasteiger partial charge < -0.3 is 4.90 Å². The maximum atomic E-state index is 12.1. The van der Waals surface area contributed by atoms with Crippen LogP contribution in [0.2, 0.25) is 0 Å². The standard InChI is InChI=1S/C16H22BrNO/c1-2-3-9-16(19)18-10-5-7-14(12-18)13-6-4-8-15(17)11-13/h4,6,8,11,14H,2-3,5,7,9-10,12H2,1H3. The number of unbranched alkanes of at least 4 members (excludes halogenated alkanes) is 1. The van der Waals surface area contributed by atoms with E-state index in [-0.39, 0.29) is 0 Å². The summed E-state index contributed by atoms with van der Waals surface area (Å²) >= 11 is 3.53. The van der Waals surface area contributed by atoms with Crippen LogP contribution in [-0.2, 0) is 4.79 Å². The Balaban J connectivity index is 1.99. The number of halogens is 1. The van der Waals surface area contributed by atoms with E-state index in [0.29, 0.717) is 18.2 Å². The zero-order valence-corrected chi connectivity index (χ0v) is 13.2. The van der Waals surface area contributed by atoms with Crippen LogP contribution in [0, 0.1) is 0 Å². The van der Waals surface area contributed by atoms with Crippen molar-refractivity contribution in [2.75, 3.05) is 13.1 Å². The number of amides is 1. The van der Waals surface area contributed by atoms with Gasteiger partial charge in [-0.25, -0.2) is 0 Å². The predicted octanol–water partition coefficient (Wildman–Crippen LogP) is 4.35. The molecule has 1 aromatic rings. The normalized spacial score (nSPS) is 19.5. The highest BCUT2D eigenvalue weighted by atomic mass is 79.9. The number of hydrogen-bond donors (Lipinski definition) is 0. The molecule has 0 spiro atoms. The molecule has 1 heterocycles. The molecule has 0 N–H and O–H groups in total.